The van der Waals surface area contributed by atoms with Gasteiger partial charge in [-0.1, -0.05) is 54.1 Å². The topological polar surface area (TPSA) is 70.0 Å². The molecule has 0 spiro atoms. The van der Waals surface area contributed by atoms with E-state index in [4.69, 9.17) is 5.21 Å². The van der Waals surface area contributed by atoms with Gasteiger partial charge in [-0.2, -0.15) is 4.31 Å². The SMILES string of the molecule is C=CCC(c1ccccc1)N(C/C=N\O)S(=O)(=O)c1ccc(C)cc1. The summed E-state index contributed by atoms with van der Waals surface area (Å²) >= 11 is 0. The molecule has 2 aromatic carbocycles. The van der Waals surface area contributed by atoms with E-state index in [-0.39, 0.29) is 11.4 Å². The van der Waals surface area contributed by atoms with E-state index in [1.54, 1.807) is 30.3 Å². The number of oxime groups is 1. The van der Waals surface area contributed by atoms with Gasteiger partial charge in [0, 0.05) is 0 Å². The Morgan fingerprint density at radius 1 is 1.16 bits per heavy atom. The van der Waals surface area contributed by atoms with Crippen LogP contribution in [-0.2, 0) is 10.0 Å². The molecule has 1 N–H and O–H groups in total. The number of benzene rings is 2. The quantitative estimate of drug-likeness (QED) is 0.338. The molecule has 0 bridgehead atoms. The van der Waals surface area contributed by atoms with Crippen molar-refractivity contribution in [2.75, 3.05) is 6.54 Å². The lowest BCUT2D eigenvalue weighted by molar-refractivity contribution is 0.314. The van der Waals surface area contributed by atoms with Crippen molar-refractivity contribution in [2.45, 2.75) is 24.3 Å². The second-order valence-corrected chi connectivity index (χ2v) is 7.53. The Bertz CT molecular complexity index is 816. The monoisotopic (exact) mass is 358 g/mol. The smallest absolute Gasteiger partial charge is 0.243 e. The molecule has 0 amide bonds. The van der Waals surface area contributed by atoms with Crippen molar-refractivity contribution < 1.29 is 13.6 Å². The predicted molar refractivity (Wildman–Crippen MR) is 99.3 cm³/mol. The van der Waals surface area contributed by atoms with Crippen LogP contribution in [0, 0.1) is 6.92 Å². The third-order valence-electron chi connectivity index (χ3n) is 3.89. The molecule has 0 aromatic heterocycles. The van der Waals surface area contributed by atoms with Crippen molar-refractivity contribution in [3.63, 3.8) is 0 Å². The van der Waals surface area contributed by atoms with Crippen LogP contribution in [0.4, 0.5) is 0 Å². The van der Waals surface area contributed by atoms with E-state index in [0.717, 1.165) is 11.1 Å². The summed E-state index contributed by atoms with van der Waals surface area (Å²) in [5.41, 5.74) is 1.83. The molecule has 0 aliphatic heterocycles. The summed E-state index contributed by atoms with van der Waals surface area (Å²) in [5, 5.41) is 11.8. The molecule has 0 saturated heterocycles. The second kappa shape index (κ2) is 8.60. The van der Waals surface area contributed by atoms with Gasteiger partial charge in [-0.3, -0.25) is 0 Å². The Morgan fingerprint density at radius 2 is 1.80 bits per heavy atom. The van der Waals surface area contributed by atoms with Gasteiger partial charge in [0.05, 0.1) is 23.7 Å². The maximum Gasteiger partial charge on any atom is 0.243 e. The van der Waals surface area contributed by atoms with Crippen LogP contribution in [0.15, 0.2) is 77.3 Å². The molecule has 0 heterocycles. The Morgan fingerprint density at radius 3 is 2.36 bits per heavy atom. The molecule has 6 heteroatoms. The van der Waals surface area contributed by atoms with Crippen LogP contribution in [0.5, 0.6) is 0 Å². The van der Waals surface area contributed by atoms with Crippen LogP contribution in [-0.4, -0.2) is 30.7 Å². The molecular formula is C19H22N2O3S. The van der Waals surface area contributed by atoms with Gasteiger partial charge in [0.1, 0.15) is 0 Å². The summed E-state index contributed by atoms with van der Waals surface area (Å²) in [6.45, 7) is 5.61. The lowest BCUT2D eigenvalue weighted by Crippen LogP contribution is -2.36. The van der Waals surface area contributed by atoms with E-state index in [1.165, 1.54) is 10.5 Å². The van der Waals surface area contributed by atoms with Crippen molar-refractivity contribution in [1.82, 2.24) is 4.31 Å². The van der Waals surface area contributed by atoms with Gasteiger partial charge in [0.2, 0.25) is 10.0 Å². The standard InChI is InChI=1S/C19H22N2O3S/c1-3-7-19(17-8-5-4-6-9-17)21(15-14-20-22)25(23,24)18-12-10-16(2)11-13-18/h3-6,8-14,19,22H,1,7,15H2,2H3/b20-14-. The Kier molecular flexibility index (Phi) is 6.50. The molecule has 2 rings (SSSR count). The van der Waals surface area contributed by atoms with Gasteiger partial charge in [-0.05, 0) is 31.0 Å². The van der Waals surface area contributed by atoms with Crippen molar-refractivity contribution in [1.29, 1.82) is 0 Å². The van der Waals surface area contributed by atoms with Crippen LogP contribution in [0.2, 0.25) is 0 Å². The first-order valence-corrected chi connectivity index (χ1v) is 9.35. The summed E-state index contributed by atoms with van der Waals surface area (Å²) in [7, 11) is -3.78. The van der Waals surface area contributed by atoms with Crippen molar-refractivity contribution >= 4 is 16.2 Å². The highest BCUT2D eigenvalue weighted by molar-refractivity contribution is 7.89. The lowest BCUT2D eigenvalue weighted by Gasteiger charge is -2.29. The molecule has 0 aliphatic carbocycles. The van der Waals surface area contributed by atoms with Crippen molar-refractivity contribution in [3.05, 3.63) is 78.4 Å². The summed E-state index contributed by atoms with van der Waals surface area (Å²) in [6.07, 6.45) is 3.30. The van der Waals surface area contributed by atoms with Crippen LogP contribution < -0.4 is 0 Å². The minimum absolute atomic E-state index is 0.0416. The number of nitrogens with zero attached hydrogens (tertiary/aromatic N) is 2. The predicted octanol–water partition coefficient (Wildman–Crippen LogP) is 3.76. The molecule has 2 aromatic rings. The number of rotatable bonds is 8. The normalized spacial score (nSPS) is 13.2. The van der Waals surface area contributed by atoms with Crippen molar-refractivity contribution in [3.8, 4) is 0 Å². The zero-order valence-electron chi connectivity index (χ0n) is 14.1. The molecule has 5 nitrogen and oxygen atoms in total. The fourth-order valence-electron chi connectivity index (χ4n) is 2.61. The average molecular weight is 358 g/mol. The Hall–Kier alpha value is -2.44. The minimum atomic E-state index is -3.78. The number of hydrogen-bond acceptors (Lipinski definition) is 4. The highest BCUT2D eigenvalue weighted by Gasteiger charge is 2.31. The number of sulfonamides is 1. The third-order valence-corrected chi connectivity index (χ3v) is 5.78. The van der Waals surface area contributed by atoms with E-state index in [0.29, 0.717) is 6.42 Å². The maximum atomic E-state index is 13.2. The molecule has 0 aliphatic rings. The summed E-state index contributed by atoms with van der Waals surface area (Å²) in [6, 6.07) is 15.6. The number of hydrogen-bond donors (Lipinski definition) is 1. The van der Waals surface area contributed by atoms with Gasteiger partial charge < -0.3 is 5.21 Å². The average Bonchev–Trinajstić information content (AvgIpc) is 2.62. The van der Waals surface area contributed by atoms with Gasteiger partial charge in [0.25, 0.3) is 0 Å². The molecular weight excluding hydrogens is 336 g/mol. The van der Waals surface area contributed by atoms with Crippen LogP contribution in [0.3, 0.4) is 0 Å². The zero-order valence-corrected chi connectivity index (χ0v) is 14.9. The molecule has 1 unspecified atom stereocenters. The molecule has 25 heavy (non-hydrogen) atoms. The Labute approximate surface area is 149 Å². The van der Waals surface area contributed by atoms with E-state index in [1.807, 2.05) is 37.3 Å². The number of aryl methyl sites for hydroxylation is 1. The maximum absolute atomic E-state index is 13.2. The largest absolute Gasteiger partial charge is 0.411 e. The minimum Gasteiger partial charge on any atom is -0.411 e. The van der Waals surface area contributed by atoms with Crippen molar-refractivity contribution in [2.24, 2.45) is 5.16 Å². The molecule has 0 radical (unpaired) electrons. The second-order valence-electron chi connectivity index (χ2n) is 5.64. The lowest BCUT2D eigenvalue weighted by atomic mass is 10.0. The van der Waals surface area contributed by atoms with Crippen LogP contribution >= 0.6 is 0 Å². The first-order chi connectivity index (χ1) is 12.0. The molecule has 132 valence electrons. The zero-order chi connectivity index (χ0) is 18.3. The van der Waals surface area contributed by atoms with Crippen LogP contribution in [0.25, 0.3) is 0 Å². The molecule has 0 fully saturated rings. The fourth-order valence-corrected chi connectivity index (χ4v) is 4.17. The van der Waals surface area contributed by atoms with E-state index in [2.05, 4.69) is 11.7 Å². The third kappa shape index (κ3) is 4.55. The molecule has 0 saturated carbocycles. The van der Waals surface area contributed by atoms with E-state index < -0.39 is 16.1 Å². The van der Waals surface area contributed by atoms with Gasteiger partial charge in [-0.15, -0.1) is 11.7 Å². The highest BCUT2D eigenvalue weighted by atomic mass is 32.2. The summed E-state index contributed by atoms with van der Waals surface area (Å²) < 4.78 is 27.7. The van der Waals surface area contributed by atoms with Gasteiger partial charge >= 0.3 is 0 Å². The van der Waals surface area contributed by atoms with E-state index in [9.17, 15) is 8.42 Å². The van der Waals surface area contributed by atoms with Gasteiger partial charge in [0.15, 0.2) is 0 Å². The Balaban J connectivity index is 2.52. The summed E-state index contributed by atoms with van der Waals surface area (Å²) in [5.74, 6) is 0. The first kappa shape index (κ1) is 18.9. The van der Waals surface area contributed by atoms with Crippen LogP contribution in [0.1, 0.15) is 23.6 Å². The highest BCUT2D eigenvalue weighted by Crippen LogP contribution is 2.30. The molecule has 1 atom stereocenters. The fraction of sp³-hybridized carbons (Fsp3) is 0.211. The van der Waals surface area contributed by atoms with E-state index >= 15 is 0 Å². The first-order valence-electron chi connectivity index (χ1n) is 7.91. The van der Waals surface area contributed by atoms with Gasteiger partial charge in [-0.25, -0.2) is 8.42 Å². The summed E-state index contributed by atoms with van der Waals surface area (Å²) in [4.78, 5) is 0.203.